The number of nitrogens with zero attached hydrogens (tertiary/aromatic N) is 2. The zero-order valence-electron chi connectivity index (χ0n) is 17.9. The Morgan fingerprint density at radius 2 is 1.97 bits per heavy atom. The summed E-state index contributed by atoms with van der Waals surface area (Å²) in [5.41, 5.74) is 1.06. The number of nitrogens with one attached hydrogen (secondary N) is 3. The lowest BCUT2D eigenvalue weighted by Gasteiger charge is -2.14. The van der Waals surface area contributed by atoms with Gasteiger partial charge in [-0.2, -0.15) is 0 Å². The third-order valence-corrected chi connectivity index (χ3v) is 5.91. The van der Waals surface area contributed by atoms with Crippen molar-refractivity contribution in [2.45, 2.75) is 39.2 Å². The van der Waals surface area contributed by atoms with Gasteiger partial charge in [0, 0.05) is 23.8 Å². The summed E-state index contributed by atoms with van der Waals surface area (Å²) in [7, 11) is -3.50. The molecule has 1 aliphatic rings. The van der Waals surface area contributed by atoms with Gasteiger partial charge in [-0.25, -0.2) is 18.2 Å². The van der Waals surface area contributed by atoms with E-state index in [0.29, 0.717) is 22.6 Å². The van der Waals surface area contributed by atoms with Crippen LogP contribution < -0.4 is 21.3 Å². The van der Waals surface area contributed by atoms with Crippen molar-refractivity contribution in [1.82, 2.24) is 14.5 Å². The van der Waals surface area contributed by atoms with Gasteiger partial charge in [0.05, 0.1) is 22.9 Å². The minimum atomic E-state index is -3.50. The van der Waals surface area contributed by atoms with Crippen LogP contribution >= 0.6 is 0 Å². The number of aryl methyl sites for hydroxylation is 2. The number of fused-ring (bicyclic) bond motifs is 1. The molecule has 0 spiro atoms. The van der Waals surface area contributed by atoms with Crippen LogP contribution in [0.4, 0.5) is 11.4 Å². The summed E-state index contributed by atoms with van der Waals surface area (Å²) in [6.07, 6.45) is 2.90. The largest absolute Gasteiger partial charge is 0.329 e. The summed E-state index contributed by atoms with van der Waals surface area (Å²) >= 11 is 0. The molecule has 0 saturated heterocycles. The molecule has 0 unspecified atom stereocenters. The molecule has 4 rings (SSSR count). The van der Waals surface area contributed by atoms with Crippen molar-refractivity contribution in [1.29, 1.82) is 0 Å². The van der Waals surface area contributed by atoms with Crippen LogP contribution in [0.15, 0.2) is 33.9 Å². The Labute approximate surface area is 183 Å². The number of H-pyrrole nitrogens is 1. The van der Waals surface area contributed by atoms with Gasteiger partial charge in [0.1, 0.15) is 0 Å². The van der Waals surface area contributed by atoms with Crippen molar-refractivity contribution >= 4 is 38.3 Å². The van der Waals surface area contributed by atoms with E-state index in [2.05, 4.69) is 20.0 Å². The van der Waals surface area contributed by atoms with Gasteiger partial charge < -0.3 is 5.32 Å². The first kappa shape index (κ1) is 21.8. The van der Waals surface area contributed by atoms with E-state index in [1.807, 2.05) is 0 Å². The first-order chi connectivity index (χ1) is 15.1. The Morgan fingerprint density at radius 3 is 2.59 bits per heavy atom. The predicted molar refractivity (Wildman–Crippen MR) is 122 cm³/mol. The molecule has 1 aliphatic carbocycles. The van der Waals surface area contributed by atoms with E-state index in [9.17, 15) is 22.8 Å². The van der Waals surface area contributed by atoms with E-state index in [0.717, 1.165) is 19.1 Å². The van der Waals surface area contributed by atoms with E-state index in [-0.39, 0.29) is 29.1 Å². The molecule has 0 bridgehead atoms. The number of pyridine rings is 1. The maximum absolute atomic E-state index is 13.2. The third-order valence-electron chi connectivity index (χ3n) is 5.32. The maximum Gasteiger partial charge on any atom is 0.329 e. The molecule has 168 valence electrons. The minimum absolute atomic E-state index is 0.0370. The topological polar surface area (TPSA) is 143 Å². The van der Waals surface area contributed by atoms with Gasteiger partial charge in [0.15, 0.2) is 5.65 Å². The Balaban J connectivity index is 1.82. The Morgan fingerprint density at radius 1 is 1.25 bits per heavy atom. The highest BCUT2D eigenvalue weighted by Gasteiger charge is 2.28. The van der Waals surface area contributed by atoms with Gasteiger partial charge in [-0.3, -0.25) is 23.9 Å². The number of carbonyl (C=O) groups is 1. The first-order valence-corrected chi connectivity index (χ1v) is 12.0. The number of rotatable bonds is 6. The second-order valence-corrected chi connectivity index (χ2v) is 9.68. The molecular formula is C21H23N5O5S. The number of amides is 1. The highest BCUT2D eigenvalue weighted by atomic mass is 32.2. The van der Waals surface area contributed by atoms with Crippen molar-refractivity contribution in [3.8, 4) is 0 Å². The molecule has 0 atom stereocenters. The maximum atomic E-state index is 13.2. The predicted octanol–water partition coefficient (Wildman–Crippen LogP) is 1.91. The molecule has 0 aliphatic heterocycles. The standard InChI is InChI=1S/C21H23N5O5S/c1-4-26-18-17(20(28)24-21(26)29)14(10-16(23-18)12-6-7-12)19(27)22-13-8-5-11(2)15(9-13)25-32(3,30)31/h5,8-10,12,25H,4,6-7H2,1-3H3,(H,22,27)(H,24,28,29). The second-order valence-electron chi connectivity index (χ2n) is 7.93. The SMILES string of the molecule is CCn1c(=O)[nH]c(=O)c2c(C(=O)Nc3ccc(C)c(NS(C)(=O)=O)c3)cc(C3CC3)nc21. The van der Waals surface area contributed by atoms with Crippen LogP contribution in [0.2, 0.25) is 0 Å². The average molecular weight is 458 g/mol. The van der Waals surface area contributed by atoms with Crippen LogP contribution in [0.3, 0.4) is 0 Å². The van der Waals surface area contributed by atoms with Crippen LogP contribution in [0, 0.1) is 6.92 Å². The first-order valence-electron chi connectivity index (χ1n) is 10.1. The fourth-order valence-corrected chi connectivity index (χ4v) is 4.18. The monoisotopic (exact) mass is 457 g/mol. The number of hydrogen-bond donors (Lipinski definition) is 3. The number of anilines is 2. The van der Waals surface area contributed by atoms with Gasteiger partial charge in [-0.1, -0.05) is 6.07 Å². The highest BCUT2D eigenvalue weighted by molar-refractivity contribution is 7.92. The Bertz CT molecular complexity index is 1470. The fraction of sp³-hybridized carbons (Fsp3) is 0.333. The average Bonchev–Trinajstić information content (AvgIpc) is 3.54. The summed E-state index contributed by atoms with van der Waals surface area (Å²) in [6, 6.07) is 6.41. The number of aromatic amines is 1. The quantitative estimate of drug-likeness (QED) is 0.516. The molecule has 32 heavy (non-hydrogen) atoms. The molecular weight excluding hydrogens is 434 g/mol. The molecule has 1 fully saturated rings. The van der Waals surface area contributed by atoms with Crippen LogP contribution in [0.25, 0.3) is 11.0 Å². The van der Waals surface area contributed by atoms with Gasteiger partial charge in [-0.05, 0) is 50.5 Å². The summed E-state index contributed by atoms with van der Waals surface area (Å²) in [4.78, 5) is 44.9. The normalized spacial score (nSPS) is 13.8. The van der Waals surface area contributed by atoms with Crippen LogP contribution in [-0.4, -0.2) is 35.1 Å². The molecule has 1 amide bonds. The second kappa shape index (κ2) is 7.90. The number of sulfonamides is 1. The Hall–Kier alpha value is -3.47. The van der Waals surface area contributed by atoms with Gasteiger partial charge in [0.25, 0.3) is 11.5 Å². The lowest BCUT2D eigenvalue weighted by molar-refractivity contribution is 0.102. The zero-order chi connectivity index (χ0) is 23.2. The molecule has 0 radical (unpaired) electrons. The van der Waals surface area contributed by atoms with E-state index < -0.39 is 27.2 Å². The molecule has 11 heteroatoms. The molecule has 3 N–H and O–H groups in total. The number of benzene rings is 1. The van der Waals surface area contributed by atoms with E-state index in [4.69, 9.17) is 0 Å². The van der Waals surface area contributed by atoms with Gasteiger partial charge in [0.2, 0.25) is 10.0 Å². The summed E-state index contributed by atoms with van der Waals surface area (Å²) < 4.78 is 27.0. The van der Waals surface area contributed by atoms with Crippen molar-refractivity contribution in [3.63, 3.8) is 0 Å². The number of carbonyl (C=O) groups excluding carboxylic acids is 1. The molecule has 10 nitrogen and oxygen atoms in total. The number of hydrogen-bond acceptors (Lipinski definition) is 6. The minimum Gasteiger partial charge on any atom is -0.322 e. The third kappa shape index (κ3) is 4.28. The lowest BCUT2D eigenvalue weighted by Crippen LogP contribution is -2.32. The summed E-state index contributed by atoms with van der Waals surface area (Å²) in [5.74, 6) is -0.365. The molecule has 1 aromatic carbocycles. The molecule has 2 aromatic heterocycles. The lowest BCUT2D eigenvalue weighted by atomic mass is 10.1. The molecule has 2 heterocycles. The van der Waals surface area contributed by atoms with E-state index >= 15 is 0 Å². The van der Waals surface area contributed by atoms with E-state index in [1.165, 1.54) is 10.6 Å². The van der Waals surface area contributed by atoms with Crippen molar-refractivity contribution < 1.29 is 13.2 Å². The summed E-state index contributed by atoms with van der Waals surface area (Å²) in [5, 5.41) is 2.76. The zero-order valence-corrected chi connectivity index (χ0v) is 18.7. The van der Waals surface area contributed by atoms with Crippen molar-refractivity contribution in [2.24, 2.45) is 0 Å². The van der Waals surface area contributed by atoms with Crippen LogP contribution in [0.1, 0.15) is 47.3 Å². The number of aromatic nitrogens is 3. The van der Waals surface area contributed by atoms with Crippen LogP contribution in [0.5, 0.6) is 0 Å². The van der Waals surface area contributed by atoms with Crippen LogP contribution in [-0.2, 0) is 16.6 Å². The highest BCUT2D eigenvalue weighted by Crippen LogP contribution is 2.40. The fourth-order valence-electron chi connectivity index (χ4n) is 3.56. The van der Waals surface area contributed by atoms with Crippen molar-refractivity contribution in [2.75, 3.05) is 16.3 Å². The van der Waals surface area contributed by atoms with Gasteiger partial charge in [-0.15, -0.1) is 0 Å². The molecule has 1 saturated carbocycles. The Kier molecular flexibility index (Phi) is 5.37. The molecule has 3 aromatic rings. The smallest absolute Gasteiger partial charge is 0.322 e. The van der Waals surface area contributed by atoms with Crippen molar-refractivity contribution in [3.05, 3.63) is 61.9 Å². The van der Waals surface area contributed by atoms with Gasteiger partial charge >= 0.3 is 5.69 Å². The van der Waals surface area contributed by atoms with E-state index in [1.54, 1.807) is 32.0 Å². The summed E-state index contributed by atoms with van der Waals surface area (Å²) in [6.45, 7) is 3.78.